The summed E-state index contributed by atoms with van der Waals surface area (Å²) < 4.78 is 5.49. The molecule has 3 heteroatoms. The molecule has 0 atom stereocenters. The van der Waals surface area contributed by atoms with Crippen LogP contribution < -0.4 is 5.32 Å². The first-order chi connectivity index (χ1) is 8.33. The Labute approximate surface area is 101 Å². The number of ether oxygens (including phenoxy) is 1. The molecule has 17 heavy (non-hydrogen) atoms. The van der Waals surface area contributed by atoms with E-state index in [1.54, 1.807) is 0 Å². The average molecular weight is 231 g/mol. The van der Waals surface area contributed by atoms with Crippen molar-refractivity contribution in [3.05, 3.63) is 29.3 Å². The molecule has 3 nitrogen and oxygen atoms in total. The third-order valence-corrected chi connectivity index (χ3v) is 3.63. The molecular formula is C14H17NO2. The Morgan fingerprint density at radius 3 is 2.94 bits per heavy atom. The van der Waals surface area contributed by atoms with E-state index in [1.807, 2.05) is 18.2 Å². The van der Waals surface area contributed by atoms with Crippen LogP contribution in [-0.4, -0.2) is 18.6 Å². The lowest BCUT2D eigenvalue weighted by atomic mass is 10.1. The van der Waals surface area contributed by atoms with Crippen molar-refractivity contribution in [3.8, 4) is 0 Å². The maximum atomic E-state index is 12.0. The van der Waals surface area contributed by atoms with E-state index in [0.717, 1.165) is 31.5 Å². The SMILES string of the molecule is O=C(OC1CCCC1)c1ccc2c(c1)NCC2. The highest BCUT2D eigenvalue weighted by molar-refractivity contribution is 5.91. The Balaban J connectivity index is 1.72. The molecule has 1 aromatic rings. The molecule has 1 heterocycles. The summed E-state index contributed by atoms with van der Waals surface area (Å²) in [6.07, 6.45) is 5.61. The van der Waals surface area contributed by atoms with Gasteiger partial charge in [0, 0.05) is 12.2 Å². The average Bonchev–Trinajstić information content (AvgIpc) is 2.97. The highest BCUT2D eigenvalue weighted by Crippen LogP contribution is 2.25. The normalized spacial score (nSPS) is 18.8. The summed E-state index contributed by atoms with van der Waals surface area (Å²) in [6.45, 7) is 0.969. The van der Waals surface area contributed by atoms with Crippen LogP contribution in [-0.2, 0) is 11.2 Å². The number of hydrogen-bond acceptors (Lipinski definition) is 3. The lowest BCUT2D eigenvalue weighted by Crippen LogP contribution is -2.14. The van der Waals surface area contributed by atoms with Gasteiger partial charge in [0.2, 0.25) is 0 Å². The summed E-state index contributed by atoms with van der Waals surface area (Å²) in [7, 11) is 0. The van der Waals surface area contributed by atoms with Gasteiger partial charge in [-0.05, 0) is 49.8 Å². The fraction of sp³-hybridized carbons (Fsp3) is 0.500. The summed E-state index contributed by atoms with van der Waals surface area (Å²) in [5, 5.41) is 3.28. The zero-order valence-corrected chi connectivity index (χ0v) is 9.87. The van der Waals surface area contributed by atoms with E-state index in [1.165, 1.54) is 18.4 Å². The molecule has 0 bridgehead atoms. The monoisotopic (exact) mass is 231 g/mol. The number of carbonyl (C=O) groups excluding carboxylic acids is 1. The highest BCUT2D eigenvalue weighted by atomic mass is 16.5. The first kappa shape index (κ1) is 10.6. The van der Waals surface area contributed by atoms with Crippen molar-refractivity contribution in [2.45, 2.75) is 38.2 Å². The Morgan fingerprint density at radius 1 is 1.29 bits per heavy atom. The zero-order chi connectivity index (χ0) is 11.7. The number of carbonyl (C=O) groups is 1. The van der Waals surface area contributed by atoms with Gasteiger partial charge in [-0.3, -0.25) is 0 Å². The molecule has 0 saturated heterocycles. The quantitative estimate of drug-likeness (QED) is 0.795. The van der Waals surface area contributed by atoms with Crippen molar-refractivity contribution in [1.29, 1.82) is 0 Å². The maximum absolute atomic E-state index is 12.0. The van der Waals surface area contributed by atoms with Crippen molar-refractivity contribution < 1.29 is 9.53 Å². The van der Waals surface area contributed by atoms with E-state index in [4.69, 9.17) is 4.74 Å². The zero-order valence-electron chi connectivity index (χ0n) is 9.87. The molecule has 0 spiro atoms. The molecule has 1 aliphatic heterocycles. The van der Waals surface area contributed by atoms with Crippen LogP contribution in [0.5, 0.6) is 0 Å². The van der Waals surface area contributed by atoms with E-state index in [9.17, 15) is 4.79 Å². The van der Waals surface area contributed by atoms with E-state index in [2.05, 4.69) is 5.32 Å². The molecule has 90 valence electrons. The second-order valence-electron chi connectivity index (χ2n) is 4.86. The highest BCUT2D eigenvalue weighted by Gasteiger charge is 2.21. The Hall–Kier alpha value is -1.51. The molecule has 0 amide bonds. The molecule has 0 unspecified atom stereocenters. The molecular weight excluding hydrogens is 214 g/mol. The van der Waals surface area contributed by atoms with E-state index >= 15 is 0 Å². The largest absolute Gasteiger partial charge is 0.459 e. The summed E-state index contributed by atoms with van der Waals surface area (Å²) >= 11 is 0. The lowest BCUT2D eigenvalue weighted by Gasteiger charge is -2.11. The predicted molar refractivity (Wildman–Crippen MR) is 66.3 cm³/mol. The van der Waals surface area contributed by atoms with E-state index < -0.39 is 0 Å². The fourth-order valence-electron chi connectivity index (χ4n) is 2.64. The molecule has 1 aliphatic carbocycles. The third-order valence-electron chi connectivity index (χ3n) is 3.63. The minimum atomic E-state index is -0.173. The summed E-state index contributed by atoms with van der Waals surface area (Å²) in [4.78, 5) is 12.0. The van der Waals surface area contributed by atoms with Crippen LogP contribution in [0.2, 0.25) is 0 Å². The molecule has 1 N–H and O–H groups in total. The third kappa shape index (κ3) is 2.14. The van der Waals surface area contributed by atoms with Gasteiger partial charge in [0.1, 0.15) is 6.10 Å². The summed E-state index contributed by atoms with van der Waals surface area (Å²) in [5.41, 5.74) is 3.05. The molecule has 3 rings (SSSR count). The fourth-order valence-corrected chi connectivity index (χ4v) is 2.64. The van der Waals surface area contributed by atoms with Crippen LogP contribution in [0.1, 0.15) is 41.6 Å². The van der Waals surface area contributed by atoms with E-state index in [0.29, 0.717) is 5.56 Å². The summed E-state index contributed by atoms with van der Waals surface area (Å²) in [6, 6.07) is 5.82. The van der Waals surface area contributed by atoms with Gasteiger partial charge < -0.3 is 10.1 Å². The van der Waals surface area contributed by atoms with Crippen molar-refractivity contribution in [2.75, 3.05) is 11.9 Å². The van der Waals surface area contributed by atoms with Gasteiger partial charge in [0.25, 0.3) is 0 Å². The lowest BCUT2D eigenvalue weighted by molar-refractivity contribution is 0.0318. The van der Waals surface area contributed by atoms with Crippen LogP contribution in [0, 0.1) is 0 Å². The Bertz CT molecular complexity index is 436. The van der Waals surface area contributed by atoms with Crippen molar-refractivity contribution in [3.63, 3.8) is 0 Å². The minimum absolute atomic E-state index is 0.142. The predicted octanol–water partition coefficient (Wildman–Crippen LogP) is 2.75. The minimum Gasteiger partial charge on any atom is -0.459 e. The number of hydrogen-bond donors (Lipinski definition) is 1. The summed E-state index contributed by atoms with van der Waals surface area (Å²) in [5.74, 6) is -0.173. The molecule has 1 aromatic carbocycles. The van der Waals surface area contributed by atoms with Gasteiger partial charge in [-0.2, -0.15) is 0 Å². The second kappa shape index (κ2) is 4.40. The topological polar surface area (TPSA) is 38.3 Å². The van der Waals surface area contributed by atoms with Crippen LogP contribution >= 0.6 is 0 Å². The first-order valence-corrected chi connectivity index (χ1v) is 6.41. The number of anilines is 1. The van der Waals surface area contributed by atoms with Crippen LogP contribution in [0.15, 0.2) is 18.2 Å². The van der Waals surface area contributed by atoms with Gasteiger partial charge in [-0.25, -0.2) is 4.79 Å². The van der Waals surface area contributed by atoms with Crippen LogP contribution in [0.3, 0.4) is 0 Å². The number of nitrogens with one attached hydrogen (secondary N) is 1. The van der Waals surface area contributed by atoms with Crippen molar-refractivity contribution in [1.82, 2.24) is 0 Å². The van der Waals surface area contributed by atoms with Crippen molar-refractivity contribution in [2.24, 2.45) is 0 Å². The van der Waals surface area contributed by atoms with Crippen LogP contribution in [0.25, 0.3) is 0 Å². The number of esters is 1. The van der Waals surface area contributed by atoms with E-state index in [-0.39, 0.29) is 12.1 Å². The second-order valence-corrected chi connectivity index (χ2v) is 4.86. The number of fused-ring (bicyclic) bond motifs is 1. The smallest absolute Gasteiger partial charge is 0.338 e. The van der Waals surface area contributed by atoms with Gasteiger partial charge in [-0.1, -0.05) is 6.07 Å². The number of benzene rings is 1. The van der Waals surface area contributed by atoms with Gasteiger partial charge in [0.05, 0.1) is 5.56 Å². The van der Waals surface area contributed by atoms with Crippen molar-refractivity contribution >= 4 is 11.7 Å². The molecule has 1 saturated carbocycles. The van der Waals surface area contributed by atoms with Crippen LogP contribution in [0.4, 0.5) is 5.69 Å². The standard InChI is InChI=1S/C14H17NO2/c16-14(17-12-3-1-2-4-12)11-6-5-10-7-8-15-13(10)9-11/h5-6,9,12,15H,1-4,7-8H2. The number of rotatable bonds is 2. The first-order valence-electron chi connectivity index (χ1n) is 6.41. The molecule has 2 aliphatic rings. The van der Waals surface area contributed by atoms with Gasteiger partial charge in [-0.15, -0.1) is 0 Å². The Kier molecular flexibility index (Phi) is 2.75. The molecule has 0 radical (unpaired) electrons. The molecule has 1 fully saturated rings. The maximum Gasteiger partial charge on any atom is 0.338 e. The Morgan fingerprint density at radius 2 is 2.12 bits per heavy atom. The molecule has 0 aromatic heterocycles. The van der Waals surface area contributed by atoms with Gasteiger partial charge in [0.15, 0.2) is 0 Å². The van der Waals surface area contributed by atoms with Gasteiger partial charge >= 0.3 is 5.97 Å².